The lowest BCUT2D eigenvalue weighted by molar-refractivity contribution is 0.289. The highest BCUT2D eigenvalue weighted by Gasteiger charge is 2.06. The van der Waals surface area contributed by atoms with E-state index in [2.05, 4.69) is 22.3 Å². The maximum Gasteiger partial charge on any atom is 0.167 e. The van der Waals surface area contributed by atoms with Gasteiger partial charge in [0.1, 0.15) is 5.69 Å². The normalized spacial score (nSPS) is 10.1. The second-order valence-corrected chi connectivity index (χ2v) is 6.80. The van der Waals surface area contributed by atoms with E-state index in [4.69, 9.17) is 9.47 Å². The summed E-state index contributed by atoms with van der Waals surface area (Å²) in [6.45, 7) is 2.92. The Morgan fingerprint density at radius 1 is 0.833 bits per heavy atom. The summed E-state index contributed by atoms with van der Waals surface area (Å²) >= 11 is 0. The van der Waals surface area contributed by atoms with Crippen LogP contribution in [0.1, 0.15) is 45.4 Å². The first-order valence-corrected chi connectivity index (χ1v) is 10.4. The van der Waals surface area contributed by atoms with Crippen molar-refractivity contribution in [1.82, 2.24) is 15.4 Å². The van der Waals surface area contributed by atoms with E-state index in [9.17, 15) is 5.11 Å². The third-order valence-electron chi connectivity index (χ3n) is 4.49. The summed E-state index contributed by atoms with van der Waals surface area (Å²) in [6, 6.07) is 16.9. The van der Waals surface area contributed by atoms with Gasteiger partial charge in [0.15, 0.2) is 17.2 Å². The Labute approximate surface area is 178 Å². The zero-order valence-electron chi connectivity index (χ0n) is 17.8. The molecule has 0 unspecified atom stereocenters. The van der Waals surface area contributed by atoms with Crippen molar-refractivity contribution in [3.05, 3.63) is 60.8 Å². The van der Waals surface area contributed by atoms with Crippen LogP contribution < -0.4 is 9.47 Å². The fourth-order valence-corrected chi connectivity index (χ4v) is 2.85. The monoisotopic (exact) mass is 409 g/mol. The van der Waals surface area contributed by atoms with Crippen LogP contribution in [0, 0.1) is 0 Å². The molecule has 0 aliphatic carbocycles. The minimum absolute atomic E-state index is 0.230. The molecule has 0 fully saturated rings. The van der Waals surface area contributed by atoms with E-state index in [-0.39, 0.29) is 5.75 Å². The molecular formula is C24H31N3O3. The average Bonchev–Trinajstić information content (AvgIpc) is 2.80. The molecule has 0 spiro atoms. The van der Waals surface area contributed by atoms with Crippen molar-refractivity contribution in [3.8, 4) is 28.5 Å². The van der Waals surface area contributed by atoms with Gasteiger partial charge in [0.2, 0.25) is 0 Å². The highest BCUT2D eigenvalue weighted by atomic mass is 16.5. The predicted molar refractivity (Wildman–Crippen MR) is 119 cm³/mol. The predicted octanol–water partition coefficient (Wildman–Crippen LogP) is 5.68. The molecule has 0 saturated carbocycles. The highest BCUT2D eigenvalue weighted by molar-refractivity contribution is 5.64. The molecular weight excluding hydrogens is 378 g/mol. The van der Waals surface area contributed by atoms with Gasteiger partial charge in [0.25, 0.3) is 0 Å². The molecule has 6 heteroatoms. The summed E-state index contributed by atoms with van der Waals surface area (Å²) in [5.41, 5.74) is 1.68. The molecule has 1 heterocycles. The van der Waals surface area contributed by atoms with E-state index in [0.29, 0.717) is 23.8 Å². The van der Waals surface area contributed by atoms with Crippen LogP contribution in [-0.2, 0) is 0 Å². The van der Waals surface area contributed by atoms with Crippen LogP contribution in [-0.4, -0.2) is 34.2 Å². The Balaban J connectivity index is 0.000000215. The van der Waals surface area contributed by atoms with Gasteiger partial charge < -0.3 is 14.6 Å². The largest absolute Gasteiger partial charge is 0.504 e. The van der Waals surface area contributed by atoms with Gasteiger partial charge in [0, 0.05) is 5.56 Å². The number of rotatable bonds is 10. The molecule has 6 nitrogen and oxygen atoms in total. The summed E-state index contributed by atoms with van der Waals surface area (Å²) in [4.78, 5) is 0. The molecule has 1 N–H and O–H groups in total. The Hall–Kier alpha value is -3.15. The number of nitrogens with zero attached hydrogens (tertiary/aromatic N) is 3. The Bertz CT molecular complexity index is 844. The number of phenolic OH excluding ortho intramolecular Hbond substituents is 1. The van der Waals surface area contributed by atoms with Gasteiger partial charge in [-0.3, -0.25) is 0 Å². The Morgan fingerprint density at radius 3 is 2.27 bits per heavy atom. The first-order chi connectivity index (χ1) is 14.8. The molecule has 0 aliphatic heterocycles. The van der Waals surface area contributed by atoms with E-state index in [1.54, 1.807) is 31.5 Å². The highest BCUT2D eigenvalue weighted by Crippen LogP contribution is 2.25. The molecule has 0 radical (unpaired) electrons. The van der Waals surface area contributed by atoms with Crippen LogP contribution in [0.3, 0.4) is 0 Å². The van der Waals surface area contributed by atoms with Crippen LogP contribution in [0.4, 0.5) is 0 Å². The maximum atomic E-state index is 9.46. The summed E-state index contributed by atoms with van der Waals surface area (Å²) in [5, 5.41) is 20.6. The van der Waals surface area contributed by atoms with Crippen LogP contribution in [0.15, 0.2) is 60.8 Å². The molecule has 160 valence electrons. The van der Waals surface area contributed by atoms with Crippen LogP contribution in [0.5, 0.6) is 17.2 Å². The number of phenols is 1. The smallest absolute Gasteiger partial charge is 0.167 e. The summed E-state index contributed by atoms with van der Waals surface area (Å²) in [7, 11) is 1.59. The van der Waals surface area contributed by atoms with Crippen molar-refractivity contribution in [1.29, 1.82) is 0 Å². The Kier molecular flexibility index (Phi) is 10.7. The summed E-state index contributed by atoms with van der Waals surface area (Å²) < 4.78 is 10.6. The average molecular weight is 410 g/mol. The van der Waals surface area contributed by atoms with E-state index < -0.39 is 0 Å². The molecule has 30 heavy (non-hydrogen) atoms. The number of hydrogen-bond donors (Lipinski definition) is 1. The first kappa shape index (κ1) is 23.1. The van der Waals surface area contributed by atoms with Crippen molar-refractivity contribution in [3.63, 3.8) is 0 Å². The number of aromatic hydroxyl groups is 1. The van der Waals surface area contributed by atoms with Crippen molar-refractivity contribution >= 4 is 0 Å². The van der Waals surface area contributed by atoms with Crippen LogP contribution in [0.25, 0.3) is 11.3 Å². The van der Waals surface area contributed by atoms with E-state index >= 15 is 0 Å². The number of methoxy groups -OCH3 is 1. The lowest BCUT2D eigenvalue weighted by Gasteiger charge is -2.07. The van der Waals surface area contributed by atoms with Gasteiger partial charge in [-0.15, -0.1) is 10.2 Å². The standard InChI is InChI=1S/C14H22O2.C10H9N3O/c1-2-3-4-5-6-9-12-16-14-11-8-7-10-13(14)15;1-14-9-7-11-13-12-10(9)8-5-3-2-4-6-8/h7-8,10-11,15H,2-6,9,12H2,1H3;2-7H,1H3. The van der Waals surface area contributed by atoms with Gasteiger partial charge in [0.05, 0.1) is 19.9 Å². The van der Waals surface area contributed by atoms with E-state index in [0.717, 1.165) is 12.0 Å². The fraction of sp³-hybridized carbons (Fsp3) is 0.375. The zero-order valence-corrected chi connectivity index (χ0v) is 17.8. The van der Waals surface area contributed by atoms with Gasteiger partial charge in [-0.1, -0.05) is 81.5 Å². The molecule has 0 atom stereocenters. The number of para-hydroxylation sites is 2. The third kappa shape index (κ3) is 8.07. The number of benzene rings is 2. The first-order valence-electron chi connectivity index (χ1n) is 10.4. The minimum Gasteiger partial charge on any atom is -0.504 e. The van der Waals surface area contributed by atoms with Crippen LogP contribution >= 0.6 is 0 Å². The lowest BCUT2D eigenvalue weighted by atomic mass is 10.1. The number of aromatic nitrogens is 3. The third-order valence-corrected chi connectivity index (χ3v) is 4.49. The van der Waals surface area contributed by atoms with Crippen LogP contribution in [0.2, 0.25) is 0 Å². The van der Waals surface area contributed by atoms with Gasteiger partial charge in [-0.25, -0.2) is 0 Å². The minimum atomic E-state index is 0.230. The van der Waals surface area contributed by atoms with Crippen molar-refractivity contribution in [2.75, 3.05) is 13.7 Å². The lowest BCUT2D eigenvalue weighted by Crippen LogP contribution is -1.97. The molecule has 0 bridgehead atoms. The quantitative estimate of drug-likeness (QED) is 0.434. The van der Waals surface area contributed by atoms with E-state index in [1.807, 2.05) is 36.4 Å². The molecule has 3 rings (SSSR count). The second-order valence-electron chi connectivity index (χ2n) is 6.80. The fourth-order valence-electron chi connectivity index (χ4n) is 2.85. The molecule has 1 aromatic heterocycles. The maximum absolute atomic E-state index is 9.46. The van der Waals surface area contributed by atoms with Crippen molar-refractivity contribution < 1.29 is 14.6 Å². The van der Waals surface area contributed by atoms with Gasteiger partial charge in [-0.2, -0.15) is 0 Å². The Morgan fingerprint density at radius 2 is 1.53 bits per heavy atom. The van der Waals surface area contributed by atoms with Gasteiger partial charge >= 0.3 is 0 Å². The SMILES string of the molecule is CCCCCCCCOc1ccccc1O.COc1cnnnc1-c1ccccc1. The topological polar surface area (TPSA) is 77.4 Å². The summed E-state index contributed by atoms with van der Waals surface area (Å²) in [5.74, 6) is 1.45. The molecule has 0 amide bonds. The molecule has 0 saturated heterocycles. The molecule has 0 aliphatic rings. The van der Waals surface area contributed by atoms with E-state index in [1.165, 1.54) is 32.1 Å². The van der Waals surface area contributed by atoms with Crippen molar-refractivity contribution in [2.24, 2.45) is 0 Å². The molecule has 2 aromatic carbocycles. The number of hydrogen-bond acceptors (Lipinski definition) is 6. The number of ether oxygens (including phenoxy) is 2. The van der Waals surface area contributed by atoms with Crippen molar-refractivity contribution in [2.45, 2.75) is 45.4 Å². The number of unbranched alkanes of at least 4 members (excludes halogenated alkanes) is 5. The summed E-state index contributed by atoms with van der Waals surface area (Å²) in [6.07, 6.45) is 9.07. The van der Waals surface area contributed by atoms with Gasteiger partial charge in [-0.05, 0) is 23.8 Å². The second kappa shape index (κ2) is 13.9. The molecule has 3 aromatic rings. The zero-order chi connectivity index (χ0) is 21.4.